The van der Waals surface area contributed by atoms with Gasteiger partial charge in [-0.1, -0.05) is 12.1 Å². The molecule has 0 bridgehead atoms. The van der Waals surface area contributed by atoms with Crippen molar-refractivity contribution in [3.8, 4) is 17.3 Å². The van der Waals surface area contributed by atoms with E-state index in [1.165, 1.54) is 12.8 Å². The Hall–Kier alpha value is -4.12. The Morgan fingerprint density at radius 3 is 2.73 bits per heavy atom. The summed E-state index contributed by atoms with van der Waals surface area (Å²) in [6, 6.07) is 11.1. The number of alkyl carbamates (subject to hydrolysis) is 1. The van der Waals surface area contributed by atoms with Crippen LogP contribution in [0.15, 0.2) is 36.4 Å². The Morgan fingerprint density at radius 2 is 2.02 bits per heavy atom. The first-order chi connectivity index (χ1) is 21.1. The Labute approximate surface area is 255 Å². The number of aromatic nitrogens is 3. The molecule has 1 fully saturated rings. The number of nitrogens with zero attached hydrogens (tertiary/aromatic N) is 4. The van der Waals surface area contributed by atoms with Gasteiger partial charge in [0.1, 0.15) is 24.6 Å². The van der Waals surface area contributed by atoms with Crippen molar-refractivity contribution in [2.45, 2.75) is 58.2 Å². The molecular formula is C33H40FN5O5. The summed E-state index contributed by atoms with van der Waals surface area (Å²) in [5.41, 5.74) is 4.33. The second-order valence-electron chi connectivity index (χ2n) is 12.8. The first-order valence-corrected chi connectivity index (χ1v) is 15.3. The third kappa shape index (κ3) is 5.97. The largest absolute Gasteiger partial charge is 0.489 e. The number of aryl methyl sites for hydroxylation is 1. The van der Waals surface area contributed by atoms with Gasteiger partial charge in [-0.05, 0) is 75.8 Å². The smallest absolute Gasteiger partial charge is 0.408 e. The number of carbonyl (C=O) groups excluding carboxylic acids is 2. The maximum atomic E-state index is 13.9. The molecule has 1 saturated carbocycles. The maximum Gasteiger partial charge on any atom is 0.408 e. The summed E-state index contributed by atoms with van der Waals surface area (Å²) in [6.07, 6.45) is 2.27. The fourth-order valence-corrected chi connectivity index (χ4v) is 5.99. The lowest BCUT2D eigenvalue weighted by Crippen LogP contribution is -2.50. The minimum Gasteiger partial charge on any atom is -0.489 e. The number of fused-ring (bicyclic) bond motifs is 3. The molecule has 0 unspecified atom stereocenters. The second kappa shape index (κ2) is 11.8. The molecule has 0 spiro atoms. The van der Waals surface area contributed by atoms with Crippen LogP contribution in [0.3, 0.4) is 0 Å². The minimum absolute atomic E-state index is 0.0431. The Balaban J connectivity index is 1.32. The van der Waals surface area contributed by atoms with Crippen LogP contribution in [-0.2, 0) is 24.8 Å². The highest BCUT2D eigenvalue weighted by Crippen LogP contribution is 2.39. The molecule has 0 radical (unpaired) electrons. The number of hydrogen-bond acceptors (Lipinski definition) is 6. The van der Waals surface area contributed by atoms with Gasteiger partial charge in [0.15, 0.2) is 5.82 Å². The molecule has 2 N–H and O–H groups in total. The summed E-state index contributed by atoms with van der Waals surface area (Å²) in [7, 11) is 1.99. The lowest BCUT2D eigenvalue weighted by Gasteiger charge is -2.31. The summed E-state index contributed by atoms with van der Waals surface area (Å²) in [5, 5.41) is 13.0. The summed E-state index contributed by atoms with van der Waals surface area (Å²) < 4.78 is 29.4. The number of hydrogen-bond donors (Lipinski definition) is 2. The number of rotatable bonds is 10. The molecule has 6 rings (SSSR count). The van der Waals surface area contributed by atoms with E-state index in [1.54, 1.807) is 25.7 Å². The first-order valence-electron chi connectivity index (χ1n) is 15.3. The Kier molecular flexibility index (Phi) is 8.00. The zero-order valence-corrected chi connectivity index (χ0v) is 25.7. The number of amides is 2. The summed E-state index contributed by atoms with van der Waals surface area (Å²) >= 11 is 0. The average molecular weight is 606 g/mol. The molecule has 234 valence electrons. The number of halogens is 1. The van der Waals surface area contributed by atoms with E-state index < -0.39 is 24.4 Å². The van der Waals surface area contributed by atoms with E-state index in [4.69, 9.17) is 14.5 Å². The van der Waals surface area contributed by atoms with Gasteiger partial charge >= 0.3 is 6.09 Å². The summed E-state index contributed by atoms with van der Waals surface area (Å²) in [6.45, 7) is 5.86. The highest BCUT2D eigenvalue weighted by Gasteiger charge is 2.30. The zero-order chi connectivity index (χ0) is 31.2. The highest BCUT2D eigenvalue weighted by molar-refractivity contribution is 6.01. The van der Waals surface area contributed by atoms with Gasteiger partial charge in [-0.3, -0.25) is 4.79 Å². The molecule has 4 aromatic rings. The van der Waals surface area contributed by atoms with Crippen LogP contribution < -0.4 is 10.1 Å². The number of ether oxygens (including phenoxy) is 2. The zero-order valence-electron chi connectivity index (χ0n) is 25.7. The van der Waals surface area contributed by atoms with Crippen LogP contribution in [0, 0.1) is 5.92 Å². The van der Waals surface area contributed by atoms with E-state index in [2.05, 4.69) is 26.6 Å². The van der Waals surface area contributed by atoms with Crippen LogP contribution in [0.2, 0.25) is 0 Å². The number of alkyl halides is 1. The van der Waals surface area contributed by atoms with E-state index in [9.17, 15) is 19.1 Å². The van der Waals surface area contributed by atoms with Crippen LogP contribution in [-0.4, -0.2) is 80.7 Å². The van der Waals surface area contributed by atoms with E-state index >= 15 is 0 Å². The van der Waals surface area contributed by atoms with E-state index in [-0.39, 0.29) is 25.7 Å². The topological polar surface area (TPSA) is 111 Å². The summed E-state index contributed by atoms with van der Waals surface area (Å²) in [5.74, 6) is 1.91. The quantitative estimate of drug-likeness (QED) is 0.268. The van der Waals surface area contributed by atoms with Gasteiger partial charge in [-0.15, -0.1) is 0 Å². The van der Waals surface area contributed by atoms with Crippen molar-refractivity contribution in [1.82, 2.24) is 24.3 Å². The van der Waals surface area contributed by atoms with Crippen LogP contribution in [0.5, 0.6) is 5.75 Å². The number of benzene rings is 2. The number of aliphatic hydroxyl groups is 1. The van der Waals surface area contributed by atoms with Gasteiger partial charge in [0.05, 0.1) is 34.9 Å². The van der Waals surface area contributed by atoms with Crippen molar-refractivity contribution in [2.75, 3.05) is 33.0 Å². The molecule has 2 aromatic carbocycles. The van der Waals surface area contributed by atoms with Crippen LogP contribution >= 0.6 is 0 Å². The van der Waals surface area contributed by atoms with Crippen molar-refractivity contribution >= 4 is 33.9 Å². The molecule has 2 aromatic heterocycles. The molecular weight excluding hydrogens is 565 g/mol. The Morgan fingerprint density at radius 1 is 1.23 bits per heavy atom. The number of para-hydroxylation sites is 1. The van der Waals surface area contributed by atoms with Gasteiger partial charge in [-0.2, -0.15) is 0 Å². The third-order valence-electron chi connectivity index (χ3n) is 8.22. The number of nitrogens with one attached hydrogen (secondary N) is 1. The molecule has 1 aliphatic heterocycles. The van der Waals surface area contributed by atoms with Crippen LogP contribution in [0.25, 0.3) is 33.5 Å². The van der Waals surface area contributed by atoms with Gasteiger partial charge in [-0.25, -0.2) is 14.2 Å². The minimum atomic E-state index is -0.875. The maximum absolute atomic E-state index is 13.9. The van der Waals surface area contributed by atoms with Gasteiger partial charge in [0.2, 0.25) is 0 Å². The van der Waals surface area contributed by atoms with Crippen molar-refractivity contribution in [1.29, 1.82) is 0 Å². The first kappa shape index (κ1) is 29.9. The molecule has 2 aliphatic rings. The molecule has 10 nitrogen and oxygen atoms in total. The lowest BCUT2D eigenvalue weighted by molar-refractivity contribution is 0.0466. The molecule has 44 heavy (non-hydrogen) atoms. The lowest BCUT2D eigenvalue weighted by atomic mass is 9.97. The number of imidazole rings is 1. The molecule has 11 heteroatoms. The predicted molar refractivity (Wildman–Crippen MR) is 166 cm³/mol. The van der Waals surface area contributed by atoms with Gasteiger partial charge in [0.25, 0.3) is 5.91 Å². The fourth-order valence-electron chi connectivity index (χ4n) is 5.99. The third-order valence-corrected chi connectivity index (χ3v) is 8.22. The monoisotopic (exact) mass is 605 g/mol. The highest BCUT2D eigenvalue weighted by atomic mass is 19.1. The van der Waals surface area contributed by atoms with E-state index in [1.807, 2.05) is 31.3 Å². The van der Waals surface area contributed by atoms with Crippen LogP contribution in [0.4, 0.5) is 9.18 Å². The standard InChI is InChI=1S/C33H40FN5O5/c1-33(2,3)44-32(42)35-23(17-34)19-38-11-10-21-14-26-25(16-24(21)31(38)41)36-30(37(26)4)27-15-22-6-5-7-28(43-13-12-40)29(22)39(27)18-20-8-9-20/h5-7,14-16,20,23,40H,8-13,17-19H2,1-4H3,(H,35,42)/t23-/m1/s1. The van der Waals surface area contributed by atoms with E-state index in [0.717, 1.165) is 45.8 Å². The number of carbonyl (C=O) groups is 2. The SMILES string of the molecule is Cn1c(-c2cc3cccc(OCCO)c3n2CC2CC2)nc2cc3c(cc21)CCN(C[C@@H](CF)NC(=O)OC(C)(C)C)C3=O. The number of aliphatic hydroxyl groups excluding tert-OH is 1. The predicted octanol–water partition coefficient (Wildman–Crippen LogP) is 4.84. The van der Waals surface area contributed by atoms with Crippen molar-refractivity contribution < 1.29 is 28.6 Å². The average Bonchev–Trinajstić information content (AvgIpc) is 3.65. The fraction of sp³-hybridized carbons (Fsp3) is 0.485. The molecule has 3 heterocycles. The van der Waals surface area contributed by atoms with Gasteiger partial charge in [0, 0.05) is 37.6 Å². The Bertz CT molecular complexity index is 1720. The van der Waals surface area contributed by atoms with Crippen molar-refractivity contribution in [2.24, 2.45) is 13.0 Å². The normalized spacial score (nSPS) is 16.0. The van der Waals surface area contributed by atoms with Crippen LogP contribution in [0.1, 0.15) is 49.5 Å². The summed E-state index contributed by atoms with van der Waals surface area (Å²) in [4.78, 5) is 32.4. The molecule has 0 saturated heterocycles. The van der Waals surface area contributed by atoms with Crippen molar-refractivity contribution in [3.63, 3.8) is 0 Å². The van der Waals surface area contributed by atoms with Gasteiger partial charge < -0.3 is 33.9 Å². The van der Waals surface area contributed by atoms with E-state index in [0.29, 0.717) is 30.0 Å². The second-order valence-corrected chi connectivity index (χ2v) is 12.8. The molecule has 2 amide bonds. The molecule has 1 atom stereocenters. The molecule has 1 aliphatic carbocycles. The van der Waals surface area contributed by atoms with Crippen molar-refractivity contribution in [3.05, 3.63) is 47.5 Å².